The lowest BCUT2D eigenvalue weighted by Crippen LogP contribution is -2.29. The van der Waals surface area contributed by atoms with Crippen molar-refractivity contribution in [3.63, 3.8) is 0 Å². The van der Waals surface area contributed by atoms with E-state index in [0.717, 1.165) is 12.1 Å². The van der Waals surface area contributed by atoms with Gasteiger partial charge < -0.3 is 5.11 Å². The van der Waals surface area contributed by atoms with Gasteiger partial charge in [0.25, 0.3) is 5.69 Å². The van der Waals surface area contributed by atoms with Crippen LogP contribution < -0.4 is 0 Å². The van der Waals surface area contributed by atoms with Crippen LogP contribution in [0.15, 0.2) is 54.1 Å². The van der Waals surface area contributed by atoms with Crippen LogP contribution in [-0.4, -0.2) is 22.3 Å². The summed E-state index contributed by atoms with van der Waals surface area (Å²) >= 11 is 5.73. The quantitative estimate of drug-likeness (QED) is 0.480. The molecule has 2 rings (SSSR count). The second-order valence-electron chi connectivity index (χ2n) is 5.15. The first-order valence-electron chi connectivity index (χ1n) is 7.15. The smallest absolute Gasteiger partial charge is 0.379 e. The molecule has 0 aliphatic heterocycles. The molecule has 0 aliphatic rings. The second-order valence-corrected chi connectivity index (χ2v) is 5.59. The third kappa shape index (κ3) is 5.34. The lowest BCUT2D eigenvalue weighted by molar-refractivity contribution is -0.384. The Morgan fingerprint density at radius 2 is 1.88 bits per heavy atom. The Bertz CT molecular complexity index is 896. The van der Waals surface area contributed by atoms with Crippen molar-refractivity contribution >= 4 is 23.4 Å². The van der Waals surface area contributed by atoms with Gasteiger partial charge in [0.05, 0.1) is 4.92 Å². The summed E-state index contributed by atoms with van der Waals surface area (Å²) in [7, 11) is 0. The first-order valence-corrected chi connectivity index (χ1v) is 7.53. The van der Waals surface area contributed by atoms with Crippen molar-refractivity contribution < 1.29 is 23.2 Å². The van der Waals surface area contributed by atoms with Gasteiger partial charge >= 0.3 is 6.18 Å². The maximum Gasteiger partial charge on any atom is 0.419 e. The van der Waals surface area contributed by atoms with E-state index in [9.17, 15) is 28.4 Å². The average Bonchev–Trinajstić information content (AvgIpc) is 2.58. The van der Waals surface area contributed by atoms with Crippen molar-refractivity contribution in [1.29, 1.82) is 0 Å². The predicted molar refractivity (Wildman–Crippen MR) is 91.5 cm³/mol. The maximum atomic E-state index is 12.9. The maximum absolute atomic E-state index is 12.9. The van der Waals surface area contributed by atoms with Gasteiger partial charge in [-0.05, 0) is 35.9 Å². The second kappa shape index (κ2) is 8.04. The van der Waals surface area contributed by atoms with E-state index >= 15 is 0 Å². The van der Waals surface area contributed by atoms with Crippen LogP contribution in [-0.2, 0) is 0 Å². The summed E-state index contributed by atoms with van der Waals surface area (Å²) in [5.41, 5.74) is -0.408. The number of nitrogens with zero attached hydrogens (tertiary/aromatic N) is 1. The summed E-state index contributed by atoms with van der Waals surface area (Å²) in [4.78, 5) is 10.1. The molecule has 0 fully saturated rings. The van der Waals surface area contributed by atoms with Crippen molar-refractivity contribution in [1.82, 2.24) is 0 Å². The van der Waals surface area contributed by atoms with Gasteiger partial charge in [0.2, 0.25) is 0 Å². The fraction of sp³-hybridized carbons (Fsp3) is 0.111. The van der Waals surface area contributed by atoms with Crippen LogP contribution in [0.1, 0.15) is 11.1 Å². The highest BCUT2D eigenvalue weighted by molar-refractivity contribution is 6.30. The number of rotatable bonds is 3. The van der Waals surface area contributed by atoms with Crippen LogP contribution in [0.2, 0.25) is 5.02 Å². The van der Waals surface area contributed by atoms with Gasteiger partial charge in [0.1, 0.15) is 0 Å². The summed E-state index contributed by atoms with van der Waals surface area (Å²) in [5.74, 6) is 4.80. The molecule has 26 heavy (non-hydrogen) atoms. The minimum atomic E-state index is -4.93. The van der Waals surface area contributed by atoms with Crippen LogP contribution in [0.25, 0.3) is 6.08 Å². The highest BCUT2D eigenvalue weighted by Crippen LogP contribution is 2.27. The molecule has 2 aromatic carbocycles. The lowest BCUT2D eigenvalue weighted by Gasteiger charge is -2.14. The van der Waals surface area contributed by atoms with Crippen LogP contribution in [0.3, 0.4) is 0 Å². The minimum absolute atomic E-state index is 0.114. The fourth-order valence-corrected chi connectivity index (χ4v) is 2.07. The van der Waals surface area contributed by atoms with E-state index in [-0.39, 0.29) is 11.3 Å². The first kappa shape index (κ1) is 19.5. The van der Waals surface area contributed by atoms with E-state index in [0.29, 0.717) is 10.6 Å². The summed E-state index contributed by atoms with van der Waals surface area (Å²) in [6.07, 6.45) is -6.78. The van der Waals surface area contributed by atoms with E-state index in [1.165, 1.54) is 42.5 Å². The molecule has 8 heteroatoms. The van der Waals surface area contributed by atoms with E-state index in [4.69, 9.17) is 11.6 Å². The third-order valence-corrected chi connectivity index (χ3v) is 3.46. The van der Waals surface area contributed by atoms with Crippen molar-refractivity contribution in [2.75, 3.05) is 0 Å². The summed E-state index contributed by atoms with van der Waals surface area (Å²) in [6, 6.07) is 11.1. The Balaban J connectivity index is 2.46. The molecule has 2 aromatic rings. The number of hydrogen-bond donors (Lipinski definition) is 1. The van der Waals surface area contributed by atoms with Gasteiger partial charge in [-0.3, -0.25) is 10.1 Å². The number of halogens is 4. The number of aliphatic hydroxyl groups is 1. The zero-order valence-corrected chi connectivity index (χ0v) is 13.8. The molecule has 1 N–H and O–H groups in total. The zero-order valence-electron chi connectivity index (χ0n) is 13.0. The number of nitro benzene ring substituents is 1. The summed E-state index contributed by atoms with van der Waals surface area (Å²) < 4.78 is 38.7. The molecular formula is C18H11ClF3NO3. The monoisotopic (exact) mass is 381 g/mol. The molecule has 4 nitrogen and oxygen atoms in total. The fourth-order valence-electron chi connectivity index (χ4n) is 1.94. The van der Waals surface area contributed by atoms with Crippen LogP contribution >= 0.6 is 11.6 Å². The van der Waals surface area contributed by atoms with Gasteiger partial charge in [0.15, 0.2) is 6.10 Å². The molecule has 1 unspecified atom stereocenters. The SMILES string of the molecule is O=[N+]([O-])c1cccc(/C=C(\C#Cc2ccc(Cl)cc2)C(O)C(F)(F)F)c1. The van der Waals surface area contributed by atoms with Gasteiger partial charge in [-0.25, -0.2) is 0 Å². The number of hydrogen-bond acceptors (Lipinski definition) is 3. The molecule has 0 heterocycles. The average molecular weight is 382 g/mol. The van der Waals surface area contributed by atoms with Crippen molar-refractivity contribution in [3.8, 4) is 11.8 Å². The molecule has 0 radical (unpaired) electrons. The molecule has 0 amide bonds. The highest BCUT2D eigenvalue weighted by Gasteiger charge is 2.40. The standard InChI is InChI=1S/C18H11ClF3NO3/c19-15-8-5-12(6-9-15)4-7-14(17(24)18(20,21)22)10-13-2-1-3-16(11-13)23(25)26/h1-3,5-6,8-11,17,24H/b14-10+. The number of benzene rings is 2. The van der Waals surface area contributed by atoms with E-state index in [2.05, 4.69) is 11.8 Å². The van der Waals surface area contributed by atoms with E-state index in [1.807, 2.05) is 0 Å². The number of alkyl halides is 3. The highest BCUT2D eigenvalue weighted by atomic mass is 35.5. The normalized spacial score (nSPS) is 12.9. The van der Waals surface area contributed by atoms with Gasteiger partial charge in [-0.15, -0.1) is 0 Å². The van der Waals surface area contributed by atoms with E-state index < -0.39 is 22.8 Å². The van der Waals surface area contributed by atoms with Crippen LogP contribution in [0.4, 0.5) is 18.9 Å². The van der Waals surface area contributed by atoms with Gasteiger partial charge in [-0.1, -0.05) is 35.6 Å². The Kier molecular flexibility index (Phi) is 6.03. The minimum Gasteiger partial charge on any atom is -0.379 e. The van der Waals surface area contributed by atoms with Crippen molar-refractivity contribution in [3.05, 3.63) is 80.4 Å². The number of aliphatic hydroxyl groups excluding tert-OH is 1. The van der Waals surface area contributed by atoms with Crippen LogP contribution in [0, 0.1) is 22.0 Å². The molecule has 0 aliphatic carbocycles. The number of non-ortho nitro benzene ring substituents is 1. The molecule has 1 atom stereocenters. The van der Waals surface area contributed by atoms with Crippen molar-refractivity contribution in [2.45, 2.75) is 12.3 Å². The largest absolute Gasteiger partial charge is 0.419 e. The van der Waals surface area contributed by atoms with Gasteiger partial charge in [-0.2, -0.15) is 13.2 Å². The first-order chi connectivity index (χ1) is 12.2. The molecule has 0 spiro atoms. The number of nitro groups is 1. The zero-order chi connectivity index (χ0) is 19.3. The Morgan fingerprint density at radius 3 is 2.46 bits per heavy atom. The van der Waals surface area contributed by atoms with Crippen LogP contribution in [0.5, 0.6) is 0 Å². The van der Waals surface area contributed by atoms with E-state index in [1.54, 1.807) is 0 Å². The molecule has 0 aromatic heterocycles. The van der Waals surface area contributed by atoms with Crippen molar-refractivity contribution in [2.24, 2.45) is 0 Å². The molecule has 0 saturated heterocycles. The Hall–Kier alpha value is -2.82. The van der Waals surface area contributed by atoms with Gasteiger partial charge in [0, 0.05) is 28.3 Å². The predicted octanol–water partition coefficient (Wildman–Crippen LogP) is 4.61. The Morgan fingerprint density at radius 1 is 1.23 bits per heavy atom. The Labute approximate surface area is 151 Å². The molecule has 0 saturated carbocycles. The summed E-state index contributed by atoms with van der Waals surface area (Å²) in [6.45, 7) is 0. The summed E-state index contributed by atoms with van der Waals surface area (Å²) in [5, 5.41) is 20.8. The topological polar surface area (TPSA) is 63.4 Å². The molecule has 134 valence electrons. The lowest BCUT2D eigenvalue weighted by atomic mass is 10.0. The molecular weight excluding hydrogens is 371 g/mol. The third-order valence-electron chi connectivity index (χ3n) is 3.20. The molecule has 0 bridgehead atoms.